The van der Waals surface area contributed by atoms with Gasteiger partial charge in [-0.25, -0.2) is 4.98 Å². The van der Waals surface area contributed by atoms with Crippen LogP contribution in [0.25, 0.3) is 16.6 Å². The van der Waals surface area contributed by atoms with Crippen LogP contribution in [0, 0.1) is 6.92 Å². The molecule has 1 saturated heterocycles. The van der Waals surface area contributed by atoms with Crippen LogP contribution in [0.2, 0.25) is 0 Å². The minimum absolute atomic E-state index is 0.117. The number of ether oxygens (including phenoxy) is 2. The highest BCUT2D eigenvalue weighted by molar-refractivity contribution is 5.78. The Kier molecular flexibility index (Phi) is 6.65. The van der Waals surface area contributed by atoms with E-state index in [-0.39, 0.29) is 5.56 Å². The number of rotatable bonds is 6. The van der Waals surface area contributed by atoms with Gasteiger partial charge in [-0.15, -0.1) is 0 Å². The van der Waals surface area contributed by atoms with E-state index in [9.17, 15) is 4.79 Å². The molecule has 1 aliphatic rings. The third-order valence-corrected chi connectivity index (χ3v) is 6.91. The van der Waals surface area contributed by atoms with Crippen molar-refractivity contribution < 1.29 is 9.47 Å². The molecular weight excluding hydrogens is 452 g/mol. The predicted octanol–water partition coefficient (Wildman–Crippen LogP) is 4.42. The predicted molar refractivity (Wildman–Crippen MR) is 144 cm³/mol. The number of fused-ring (bicyclic) bond motifs is 1. The quantitative estimate of drug-likeness (QED) is 0.404. The second kappa shape index (κ2) is 10.0. The lowest BCUT2D eigenvalue weighted by Crippen LogP contribution is -2.52. The lowest BCUT2D eigenvalue weighted by atomic mass is 10.1. The number of aryl methyl sites for hydroxylation is 1. The summed E-state index contributed by atoms with van der Waals surface area (Å²) in [6.07, 6.45) is 0. The van der Waals surface area contributed by atoms with Gasteiger partial charge in [0.05, 0.1) is 37.4 Å². The summed E-state index contributed by atoms with van der Waals surface area (Å²) in [5.74, 6) is 1.92. The fourth-order valence-corrected chi connectivity index (χ4v) is 5.00. The van der Waals surface area contributed by atoms with Gasteiger partial charge < -0.3 is 14.4 Å². The molecule has 0 bridgehead atoms. The fourth-order valence-electron chi connectivity index (χ4n) is 5.00. The summed E-state index contributed by atoms with van der Waals surface area (Å²) in [6.45, 7) is 7.55. The van der Waals surface area contributed by atoms with Crippen LogP contribution in [-0.2, 0) is 6.54 Å². The third kappa shape index (κ3) is 4.54. The number of anilines is 1. The average molecular weight is 485 g/mol. The Morgan fingerprint density at radius 1 is 0.972 bits per heavy atom. The number of piperazine rings is 1. The number of hydrogen-bond acceptors (Lipinski definition) is 6. The Labute approximate surface area is 211 Å². The second-order valence-electron chi connectivity index (χ2n) is 9.34. The van der Waals surface area contributed by atoms with Crippen LogP contribution in [0.1, 0.15) is 18.3 Å². The van der Waals surface area contributed by atoms with E-state index < -0.39 is 0 Å². The molecule has 1 atom stereocenters. The lowest BCUT2D eigenvalue weighted by Gasteiger charge is -2.41. The van der Waals surface area contributed by atoms with Gasteiger partial charge in [0.25, 0.3) is 5.56 Å². The molecule has 0 N–H and O–H groups in total. The minimum atomic E-state index is -0.117. The van der Waals surface area contributed by atoms with E-state index in [2.05, 4.69) is 47.9 Å². The van der Waals surface area contributed by atoms with E-state index in [0.717, 1.165) is 19.6 Å². The van der Waals surface area contributed by atoms with Gasteiger partial charge in [-0.3, -0.25) is 14.3 Å². The van der Waals surface area contributed by atoms with E-state index in [1.807, 2.05) is 42.5 Å². The van der Waals surface area contributed by atoms with E-state index >= 15 is 0 Å². The van der Waals surface area contributed by atoms with Crippen LogP contribution in [0.15, 0.2) is 71.5 Å². The largest absolute Gasteiger partial charge is 0.497 e. The molecule has 4 aromatic rings. The number of aromatic nitrogens is 2. The number of para-hydroxylation sites is 1. The van der Waals surface area contributed by atoms with Crippen LogP contribution < -0.4 is 19.9 Å². The average Bonchev–Trinajstić information content (AvgIpc) is 2.89. The van der Waals surface area contributed by atoms with Crippen molar-refractivity contribution in [1.82, 2.24) is 14.5 Å². The Hall–Kier alpha value is -3.84. The summed E-state index contributed by atoms with van der Waals surface area (Å²) in [6, 6.07) is 22.0. The van der Waals surface area contributed by atoms with Gasteiger partial charge in [0.1, 0.15) is 17.3 Å². The molecule has 7 heteroatoms. The zero-order valence-corrected chi connectivity index (χ0v) is 21.3. The third-order valence-electron chi connectivity index (χ3n) is 6.91. The normalized spacial score (nSPS) is 16.3. The molecule has 0 saturated carbocycles. The van der Waals surface area contributed by atoms with Crippen LogP contribution in [0.5, 0.6) is 11.5 Å². The summed E-state index contributed by atoms with van der Waals surface area (Å²) < 4.78 is 12.8. The summed E-state index contributed by atoms with van der Waals surface area (Å²) in [4.78, 5) is 23.6. The van der Waals surface area contributed by atoms with Gasteiger partial charge in [0.15, 0.2) is 0 Å². The SMILES string of the molecule is COc1ccc(OC)c(-n2c(CN3CCN(c4ccc(C)cc4)C(C)C3)nc3ccccc3c2=O)c1. The summed E-state index contributed by atoms with van der Waals surface area (Å²) >= 11 is 0. The number of benzene rings is 3. The number of hydrogen-bond donors (Lipinski definition) is 0. The van der Waals surface area contributed by atoms with E-state index in [4.69, 9.17) is 14.5 Å². The highest BCUT2D eigenvalue weighted by Crippen LogP contribution is 2.29. The molecule has 0 amide bonds. The van der Waals surface area contributed by atoms with E-state index in [1.165, 1.54) is 11.3 Å². The molecule has 1 aliphatic heterocycles. The van der Waals surface area contributed by atoms with E-state index in [1.54, 1.807) is 18.8 Å². The van der Waals surface area contributed by atoms with Crippen molar-refractivity contribution in [1.29, 1.82) is 0 Å². The van der Waals surface area contributed by atoms with Crippen molar-refractivity contribution >= 4 is 16.6 Å². The van der Waals surface area contributed by atoms with Crippen LogP contribution >= 0.6 is 0 Å². The van der Waals surface area contributed by atoms with Crippen molar-refractivity contribution in [2.24, 2.45) is 0 Å². The Balaban J connectivity index is 1.52. The monoisotopic (exact) mass is 484 g/mol. The Morgan fingerprint density at radius 3 is 2.47 bits per heavy atom. The molecule has 3 aromatic carbocycles. The highest BCUT2D eigenvalue weighted by atomic mass is 16.5. The minimum Gasteiger partial charge on any atom is -0.497 e. The van der Waals surface area contributed by atoms with Crippen LogP contribution in [0.3, 0.4) is 0 Å². The van der Waals surface area contributed by atoms with Crippen molar-refractivity contribution in [3.05, 3.63) is 88.5 Å². The fraction of sp³-hybridized carbons (Fsp3) is 0.310. The zero-order valence-electron chi connectivity index (χ0n) is 21.3. The number of methoxy groups -OCH3 is 2. The molecule has 7 nitrogen and oxygen atoms in total. The van der Waals surface area contributed by atoms with Crippen molar-refractivity contribution in [2.75, 3.05) is 38.8 Å². The molecule has 0 aliphatic carbocycles. The van der Waals surface area contributed by atoms with Gasteiger partial charge in [-0.1, -0.05) is 29.8 Å². The van der Waals surface area contributed by atoms with Gasteiger partial charge in [-0.05, 0) is 50.2 Å². The molecule has 2 heterocycles. The molecule has 0 radical (unpaired) electrons. The first-order valence-corrected chi connectivity index (χ1v) is 12.3. The van der Waals surface area contributed by atoms with Crippen molar-refractivity contribution in [3.8, 4) is 17.2 Å². The van der Waals surface area contributed by atoms with E-state index in [0.29, 0.717) is 46.5 Å². The molecular formula is C29H32N4O3. The van der Waals surface area contributed by atoms with Gasteiger partial charge in [0.2, 0.25) is 0 Å². The first kappa shape index (κ1) is 23.9. The maximum Gasteiger partial charge on any atom is 0.266 e. The van der Waals surface area contributed by atoms with Gasteiger partial charge in [0, 0.05) is 37.4 Å². The zero-order chi connectivity index (χ0) is 25.2. The molecule has 1 unspecified atom stereocenters. The molecule has 5 rings (SSSR count). The molecule has 0 spiro atoms. The summed E-state index contributed by atoms with van der Waals surface area (Å²) in [5.41, 5.74) is 3.71. The van der Waals surface area contributed by atoms with Gasteiger partial charge in [-0.2, -0.15) is 0 Å². The Morgan fingerprint density at radius 2 is 1.75 bits per heavy atom. The number of nitrogens with zero attached hydrogens (tertiary/aromatic N) is 4. The molecule has 36 heavy (non-hydrogen) atoms. The molecule has 1 fully saturated rings. The smallest absolute Gasteiger partial charge is 0.266 e. The highest BCUT2D eigenvalue weighted by Gasteiger charge is 2.26. The first-order valence-electron chi connectivity index (χ1n) is 12.3. The topological polar surface area (TPSA) is 59.8 Å². The summed E-state index contributed by atoms with van der Waals surface area (Å²) in [5, 5.41) is 0.573. The second-order valence-corrected chi connectivity index (χ2v) is 9.34. The maximum absolute atomic E-state index is 13.8. The standard InChI is InChI=1S/C29H32N4O3/c1-20-9-11-22(12-10-20)32-16-15-31(18-21(32)2)19-28-30-25-8-6-5-7-24(25)29(34)33(28)26-17-23(35-3)13-14-27(26)36-4/h5-14,17,21H,15-16,18-19H2,1-4H3. The maximum atomic E-state index is 13.8. The summed E-state index contributed by atoms with van der Waals surface area (Å²) in [7, 11) is 3.22. The van der Waals surface area contributed by atoms with Crippen LogP contribution in [-0.4, -0.2) is 54.3 Å². The lowest BCUT2D eigenvalue weighted by molar-refractivity contribution is 0.214. The van der Waals surface area contributed by atoms with Crippen molar-refractivity contribution in [2.45, 2.75) is 26.4 Å². The molecule has 1 aromatic heterocycles. The van der Waals surface area contributed by atoms with Crippen molar-refractivity contribution in [3.63, 3.8) is 0 Å². The Bertz CT molecular complexity index is 1430. The molecule has 186 valence electrons. The van der Waals surface area contributed by atoms with Crippen LogP contribution in [0.4, 0.5) is 5.69 Å². The first-order chi connectivity index (χ1) is 17.5. The van der Waals surface area contributed by atoms with Gasteiger partial charge >= 0.3 is 0 Å².